The fourth-order valence-electron chi connectivity index (χ4n) is 1.18. The van der Waals surface area contributed by atoms with Crippen LogP contribution < -0.4 is 5.32 Å². The van der Waals surface area contributed by atoms with Crippen molar-refractivity contribution in [3.05, 3.63) is 0 Å². The van der Waals surface area contributed by atoms with E-state index in [1.807, 2.05) is 0 Å². The van der Waals surface area contributed by atoms with E-state index in [0.717, 1.165) is 0 Å². The highest BCUT2D eigenvalue weighted by atomic mass is 16.5. The molecule has 0 aliphatic heterocycles. The standard InChI is InChI=1S/C11H21NO5/c1-3-16-10(14)5-6-12-8-9(13)7-11(15)17-4-2/h9,12-13H,3-8H2,1-2H3. The van der Waals surface area contributed by atoms with Crippen LogP contribution in [0.1, 0.15) is 26.7 Å². The molecule has 1 unspecified atom stereocenters. The Kier molecular flexibility index (Phi) is 9.37. The zero-order chi connectivity index (χ0) is 13.1. The molecule has 0 aliphatic carbocycles. The minimum Gasteiger partial charge on any atom is -0.466 e. The smallest absolute Gasteiger partial charge is 0.308 e. The number of aliphatic hydroxyl groups is 1. The Morgan fingerprint density at radius 1 is 1.18 bits per heavy atom. The molecule has 6 heteroatoms. The van der Waals surface area contributed by atoms with Crippen LogP contribution in [0.25, 0.3) is 0 Å². The highest BCUT2D eigenvalue weighted by Crippen LogP contribution is 1.94. The Hall–Kier alpha value is -1.14. The predicted molar refractivity (Wildman–Crippen MR) is 61.4 cm³/mol. The fourth-order valence-corrected chi connectivity index (χ4v) is 1.18. The molecule has 0 aromatic heterocycles. The van der Waals surface area contributed by atoms with Gasteiger partial charge in [0.1, 0.15) is 0 Å². The molecule has 17 heavy (non-hydrogen) atoms. The van der Waals surface area contributed by atoms with Gasteiger partial charge in [0, 0.05) is 13.1 Å². The molecule has 0 aliphatic rings. The van der Waals surface area contributed by atoms with E-state index in [0.29, 0.717) is 19.8 Å². The van der Waals surface area contributed by atoms with E-state index in [-0.39, 0.29) is 25.4 Å². The summed E-state index contributed by atoms with van der Waals surface area (Å²) in [5.74, 6) is -0.702. The van der Waals surface area contributed by atoms with E-state index in [2.05, 4.69) is 10.1 Å². The number of nitrogens with one attached hydrogen (secondary N) is 1. The molecule has 2 N–H and O–H groups in total. The molecule has 6 nitrogen and oxygen atoms in total. The van der Waals surface area contributed by atoms with Crippen molar-refractivity contribution in [1.82, 2.24) is 5.32 Å². The zero-order valence-electron chi connectivity index (χ0n) is 10.4. The zero-order valence-corrected chi connectivity index (χ0v) is 10.4. The number of rotatable bonds is 9. The first kappa shape index (κ1) is 15.9. The highest BCUT2D eigenvalue weighted by Gasteiger charge is 2.11. The molecule has 0 aromatic rings. The Balaban J connectivity index is 3.47. The van der Waals surface area contributed by atoms with Gasteiger partial charge in [0.05, 0.1) is 32.2 Å². The van der Waals surface area contributed by atoms with Crippen molar-refractivity contribution in [2.75, 3.05) is 26.3 Å². The molecule has 0 amide bonds. The number of esters is 2. The van der Waals surface area contributed by atoms with E-state index in [4.69, 9.17) is 4.74 Å². The highest BCUT2D eigenvalue weighted by molar-refractivity contribution is 5.70. The Bertz CT molecular complexity index is 232. The first-order valence-electron chi connectivity index (χ1n) is 5.80. The van der Waals surface area contributed by atoms with Gasteiger partial charge in [-0.3, -0.25) is 9.59 Å². The third-order valence-electron chi connectivity index (χ3n) is 1.90. The minimum atomic E-state index is -0.795. The number of carbonyl (C=O) groups excluding carboxylic acids is 2. The van der Waals surface area contributed by atoms with Crippen LogP contribution in [-0.4, -0.2) is 49.5 Å². The van der Waals surface area contributed by atoms with E-state index in [1.165, 1.54) is 0 Å². The monoisotopic (exact) mass is 247 g/mol. The molecular formula is C11H21NO5. The van der Waals surface area contributed by atoms with Gasteiger partial charge < -0.3 is 19.9 Å². The van der Waals surface area contributed by atoms with Crippen LogP contribution in [0.2, 0.25) is 0 Å². The molecular weight excluding hydrogens is 226 g/mol. The lowest BCUT2D eigenvalue weighted by Gasteiger charge is -2.10. The van der Waals surface area contributed by atoms with Gasteiger partial charge in [-0.2, -0.15) is 0 Å². The van der Waals surface area contributed by atoms with Crippen LogP contribution in [0.15, 0.2) is 0 Å². The van der Waals surface area contributed by atoms with Gasteiger partial charge in [-0.1, -0.05) is 0 Å². The second-order valence-electron chi connectivity index (χ2n) is 3.42. The normalized spacial score (nSPS) is 11.9. The average molecular weight is 247 g/mol. The van der Waals surface area contributed by atoms with E-state index in [1.54, 1.807) is 13.8 Å². The van der Waals surface area contributed by atoms with Gasteiger partial charge in [-0.15, -0.1) is 0 Å². The summed E-state index contributed by atoms with van der Waals surface area (Å²) in [7, 11) is 0. The number of ether oxygens (including phenoxy) is 2. The summed E-state index contributed by atoms with van der Waals surface area (Å²) in [6.45, 7) is 4.79. The van der Waals surface area contributed by atoms with Crippen LogP contribution in [0.3, 0.4) is 0 Å². The van der Waals surface area contributed by atoms with Crippen LogP contribution in [0.5, 0.6) is 0 Å². The predicted octanol–water partition coefficient (Wildman–Crippen LogP) is -0.157. The number of hydrogen-bond donors (Lipinski definition) is 2. The first-order valence-corrected chi connectivity index (χ1v) is 5.80. The van der Waals surface area contributed by atoms with Gasteiger partial charge in [0.15, 0.2) is 0 Å². The molecule has 0 spiro atoms. The van der Waals surface area contributed by atoms with Gasteiger partial charge in [0.25, 0.3) is 0 Å². The van der Waals surface area contributed by atoms with Crippen molar-refractivity contribution in [2.45, 2.75) is 32.8 Å². The number of hydrogen-bond acceptors (Lipinski definition) is 6. The largest absolute Gasteiger partial charge is 0.466 e. The van der Waals surface area contributed by atoms with Crippen molar-refractivity contribution in [1.29, 1.82) is 0 Å². The number of carbonyl (C=O) groups is 2. The van der Waals surface area contributed by atoms with Crippen LogP contribution >= 0.6 is 0 Å². The van der Waals surface area contributed by atoms with Gasteiger partial charge >= 0.3 is 11.9 Å². The fraction of sp³-hybridized carbons (Fsp3) is 0.818. The third-order valence-corrected chi connectivity index (χ3v) is 1.90. The minimum absolute atomic E-state index is 0.0414. The summed E-state index contributed by atoms with van der Waals surface area (Å²) < 4.78 is 9.42. The van der Waals surface area contributed by atoms with Crippen LogP contribution in [-0.2, 0) is 19.1 Å². The van der Waals surface area contributed by atoms with Crippen molar-refractivity contribution < 1.29 is 24.2 Å². The molecule has 0 rings (SSSR count). The van der Waals surface area contributed by atoms with Crippen molar-refractivity contribution in [3.8, 4) is 0 Å². The van der Waals surface area contributed by atoms with Gasteiger partial charge in [-0.25, -0.2) is 0 Å². The Morgan fingerprint density at radius 3 is 2.35 bits per heavy atom. The Labute approximate surface area is 101 Å². The third kappa shape index (κ3) is 9.77. The number of aliphatic hydroxyl groups excluding tert-OH is 1. The first-order chi connectivity index (χ1) is 8.10. The summed E-state index contributed by atoms with van der Waals surface area (Å²) in [5.41, 5.74) is 0. The van der Waals surface area contributed by atoms with Crippen LogP contribution in [0, 0.1) is 0 Å². The maximum absolute atomic E-state index is 11.0. The molecule has 0 heterocycles. The SMILES string of the molecule is CCOC(=O)CCNCC(O)CC(=O)OCC. The Morgan fingerprint density at radius 2 is 1.76 bits per heavy atom. The lowest BCUT2D eigenvalue weighted by Crippen LogP contribution is -2.30. The molecule has 0 radical (unpaired) electrons. The molecule has 0 aromatic carbocycles. The van der Waals surface area contributed by atoms with E-state index < -0.39 is 12.1 Å². The van der Waals surface area contributed by atoms with Crippen LogP contribution in [0.4, 0.5) is 0 Å². The maximum atomic E-state index is 11.0. The quantitative estimate of drug-likeness (QED) is 0.435. The molecule has 100 valence electrons. The summed E-state index contributed by atoms with van der Waals surface area (Å²) in [5, 5.41) is 12.3. The second-order valence-corrected chi connectivity index (χ2v) is 3.42. The summed E-state index contributed by atoms with van der Waals surface area (Å²) >= 11 is 0. The van der Waals surface area contributed by atoms with Crippen molar-refractivity contribution in [3.63, 3.8) is 0 Å². The summed E-state index contributed by atoms with van der Waals surface area (Å²) in [6, 6.07) is 0. The van der Waals surface area contributed by atoms with Crippen molar-refractivity contribution in [2.24, 2.45) is 0 Å². The lowest BCUT2D eigenvalue weighted by molar-refractivity contribution is -0.145. The molecule has 0 saturated carbocycles. The van der Waals surface area contributed by atoms with E-state index >= 15 is 0 Å². The van der Waals surface area contributed by atoms with E-state index in [9.17, 15) is 14.7 Å². The van der Waals surface area contributed by atoms with Crippen molar-refractivity contribution >= 4 is 11.9 Å². The van der Waals surface area contributed by atoms with Gasteiger partial charge in [-0.05, 0) is 13.8 Å². The molecule has 0 fully saturated rings. The molecule has 0 bridgehead atoms. The lowest BCUT2D eigenvalue weighted by atomic mass is 10.2. The van der Waals surface area contributed by atoms with Gasteiger partial charge in [0.2, 0.25) is 0 Å². The molecule has 0 saturated heterocycles. The molecule has 1 atom stereocenters. The topological polar surface area (TPSA) is 84.9 Å². The second kappa shape index (κ2) is 10.0. The average Bonchev–Trinajstić information content (AvgIpc) is 2.25. The summed E-state index contributed by atoms with van der Waals surface area (Å²) in [6.07, 6.45) is -0.587. The summed E-state index contributed by atoms with van der Waals surface area (Å²) in [4.78, 5) is 21.9. The maximum Gasteiger partial charge on any atom is 0.308 e.